The van der Waals surface area contributed by atoms with E-state index in [1.54, 1.807) is 25.2 Å². The summed E-state index contributed by atoms with van der Waals surface area (Å²) < 4.78 is 48.2. The van der Waals surface area contributed by atoms with Gasteiger partial charge in [0.1, 0.15) is 11.4 Å². The molecule has 0 aliphatic carbocycles. The Morgan fingerprint density at radius 1 is 1.06 bits per heavy atom. The van der Waals surface area contributed by atoms with Gasteiger partial charge in [0, 0.05) is 56.5 Å². The van der Waals surface area contributed by atoms with Crippen molar-refractivity contribution in [3.8, 4) is 5.75 Å². The number of ether oxygens (including phenoxy) is 1. The number of benzene rings is 2. The van der Waals surface area contributed by atoms with Crippen LogP contribution in [0.5, 0.6) is 5.75 Å². The Bertz CT molecular complexity index is 1260. The normalized spacial score (nSPS) is 20.4. The average Bonchev–Trinajstić information content (AvgIpc) is 2.88. The Morgan fingerprint density at radius 3 is 2.28 bits per heavy atom. The number of halogens is 3. The molecule has 36 heavy (non-hydrogen) atoms. The number of nitrogens with zero attached hydrogens (tertiary/aromatic N) is 3. The van der Waals surface area contributed by atoms with Crippen LogP contribution in [0.3, 0.4) is 0 Å². The number of fused-ring (bicyclic) bond motifs is 1. The molecule has 0 bridgehead atoms. The van der Waals surface area contributed by atoms with Gasteiger partial charge in [0.05, 0.1) is 17.0 Å². The van der Waals surface area contributed by atoms with Crippen LogP contribution in [-0.2, 0) is 4.79 Å². The van der Waals surface area contributed by atoms with Gasteiger partial charge in [-0.2, -0.15) is 13.2 Å². The highest BCUT2D eigenvalue weighted by atomic mass is 19.4. The molecule has 0 radical (unpaired) electrons. The van der Waals surface area contributed by atoms with E-state index >= 15 is 0 Å². The van der Waals surface area contributed by atoms with Gasteiger partial charge in [-0.15, -0.1) is 0 Å². The van der Waals surface area contributed by atoms with Crippen LogP contribution in [0.1, 0.15) is 18.4 Å². The molecule has 1 amide bonds. The molecule has 1 fully saturated rings. The maximum atomic E-state index is 13.9. The predicted octanol–water partition coefficient (Wildman–Crippen LogP) is 3.88. The number of hydrogen-bond donors (Lipinski definition) is 2. The summed E-state index contributed by atoms with van der Waals surface area (Å²) in [7, 11) is 1.66. The van der Waals surface area contributed by atoms with E-state index in [2.05, 4.69) is 9.98 Å². The van der Waals surface area contributed by atoms with Crippen LogP contribution < -0.4 is 16.2 Å². The van der Waals surface area contributed by atoms with Crippen molar-refractivity contribution in [2.75, 3.05) is 20.1 Å². The molecule has 2 aliphatic heterocycles. The summed E-state index contributed by atoms with van der Waals surface area (Å²) in [4.78, 5) is 22.7. The fraction of sp³-hybridized carbons (Fsp3) is 0.269. The van der Waals surface area contributed by atoms with E-state index in [0.29, 0.717) is 36.1 Å². The molecule has 2 aromatic carbocycles. The summed E-state index contributed by atoms with van der Waals surface area (Å²) in [5.74, 6) is -0.210. The molecule has 2 heterocycles. The van der Waals surface area contributed by atoms with E-state index in [1.807, 2.05) is 24.3 Å². The lowest BCUT2D eigenvalue weighted by molar-refractivity contribution is -0.130. The molecule has 2 aliphatic rings. The number of rotatable bonds is 3. The predicted molar refractivity (Wildman–Crippen MR) is 132 cm³/mol. The van der Waals surface area contributed by atoms with Crippen LogP contribution in [0, 0.1) is 0 Å². The van der Waals surface area contributed by atoms with Gasteiger partial charge in [-0.05, 0) is 24.3 Å². The van der Waals surface area contributed by atoms with Gasteiger partial charge < -0.3 is 21.1 Å². The number of carbonyl (C=O) groups excluding carboxylic acids is 1. The van der Waals surface area contributed by atoms with E-state index in [0.717, 1.165) is 5.56 Å². The molecule has 1 saturated heterocycles. The maximum Gasteiger partial charge on any atom is 0.434 e. The molecule has 2 aromatic rings. The van der Waals surface area contributed by atoms with Gasteiger partial charge in [-0.25, -0.2) is 4.99 Å². The minimum absolute atomic E-state index is 0.0629. The van der Waals surface area contributed by atoms with Crippen molar-refractivity contribution in [2.45, 2.75) is 24.6 Å². The smallest absolute Gasteiger partial charge is 0.434 e. The number of amides is 1. The Kier molecular flexibility index (Phi) is 6.87. The van der Waals surface area contributed by atoms with Crippen molar-refractivity contribution >= 4 is 23.0 Å². The molecule has 10 heteroatoms. The highest BCUT2D eigenvalue weighted by molar-refractivity contribution is 6.24. The van der Waals surface area contributed by atoms with Crippen molar-refractivity contribution < 1.29 is 22.7 Å². The van der Waals surface area contributed by atoms with Crippen LogP contribution >= 0.6 is 0 Å². The monoisotopic (exact) mass is 497 g/mol. The minimum atomic E-state index is -4.88. The highest BCUT2D eigenvalue weighted by Gasteiger charge is 2.48. The van der Waals surface area contributed by atoms with Crippen molar-refractivity contribution in [1.29, 1.82) is 0 Å². The van der Waals surface area contributed by atoms with Crippen LogP contribution in [-0.4, -0.2) is 54.1 Å². The van der Waals surface area contributed by atoms with Gasteiger partial charge in [0.25, 0.3) is 5.91 Å². The van der Waals surface area contributed by atoms with Gasteiger partial charge >= 0.3 is 6.18 Å². The SMILES string of the molecule is CN=C1C(=CN)C2(CCN(C(=O)C(=CN)C(=Nc3ccccc3)C(F)(F)F)CC2)Oc2ccccc21. The first-order valence-corrected chi connectivity index (χ1v) is 11.3. The summed E-state index contributed by atoms with van der Waals surface area (Å²) in [5.41, 5.74) is 10.9. The van der Waals surface area contributed by atoms with Crippen LogP contribution in [0.2, 0.25) is 0 Å². The first-order chi connectivity index (χ1) is 17.2. The molecule has 7 nitrogen and oxygen atoms in total. The molecule has 0 saturated carbocycles. The Morgan fingerprint density at radius 2 is 1.69 bits per heavy atom. The third-order valence-electron chi connectivity index (χ3n) is 6.36. The van der Waals surface area contributed by atoms with E-state index in [-0.39, 0.29) is 18.8 Å². The lowest BCUT2D eigenvalue weighted by Gasteiger charge is -2.46. The van der Waals surface area contributed by atoms with E-state index in [1.165, 1.54) is 23.2 Å². The van der Waals surface area contributed by atoms with Crippen molar-refractivity contribution in [1.82, 2.24) is 4.90 Å². The van der Waals surface area contributed by atoms with Gasteiger partial charge in [0.15, 0.2) is 5.71 Å². The maximum absolute atomic E-state index is 13.9. The second kappa shape index (κ2) is 9.88. The molecular formula is C26H26F3N5O2. The summed E-state index contributed by atoms with van der Waals surface area (Å²) >= 11 is 0. The van der Waals surface area contributed by atoms with Crippen molar-refractivity contribution in [3.63, 3.8) is 0 Å². The van der Waals surface area contributed by atoms with Crippen LogP contribution in [0.25, 0.3) is 0 Å². The third kappa shape index (κ3) is 4.58. The molecule has 4 rings (SSSR count). The summed E-state index contributed by atoms with van der Waals surface area (Å²) in [6.07, 6.45) is -2.14. The fourth-order valence-electron chi connectivity index (χ4n) is 4.62. The Labute approximate surface area is 206 Å². The van der Waals surface area contributed by atoms with Gasteiger partial charge in [-0.1, -0.05) is 30.3 Å². The number of nitrogens with two attached hydrogens (primary N) is 2. The summed E-state index contributed by atoms with van der Waals surface area (Å²) in [5, 5.41) is 0. The minimum Gasteiger partial charge on any atom is -0.482 e. The first-order valence-electron chi connectivity index (χ1n) is 11.3. The molecule has 188 valence electrons. The number of hydrogen-bond acceptors (Lipinski definition) is 6. The number of piperidine rings is 1. The number of carbonyl (C=O) groups is 1. The zero-order chi connectivity index (χ0) is 25.9. The topological polar surface area (TPSA) is 106 Å². The van der Waals surface area contributed by atoms with Crippen LogP contribution in [0.15, 0.2) is 88.1 Å². The zero-order valence-electron chi connectivity index (χ0n) is 19.6. The van der Waals surface area contributed by atoms with Gasteiger partial charge in [0.2, 0.25) is 0 Å². The number of para-hydroxylation sites is 2. The molecule has 4 N–H and O–H groups in total. The summed E-state index contributed by atoms with van der Waals surface area (Å²) in [6.45, 7) is 0.256. The zero-order valence-corrected chi connectivity index (χ0v) is 19.6. The molecule has 0 aromatic heterocycles. The van der Waals surface area contributed by atoms with Gasteiger partial charge in [-0.3, -0.25) is 9.79 Å². The second-order valence-corrected chi connectivity index (χ2v) is 8.41. The number of likely N-dealkylation sites (tertiary alicyclic amines) is 1. The van der Waals surface area contributed by atoms with E-state index < -0.39 is 29.0 Å². The second-order valence-electron chi connectivity index (χ2n) is 8.41. The molecular weight excluding hydrogens is 471 g/mol. The third-order valence-corrected chi connectivity index (χ3v) is 6.36. The van der Waals surface area contributed by atoms with Crippen molar-refractivity contribution in [3.05, 3.63) is 83.7 Å². The highest BCUT2D eigenvalue weighted by Crippen LogP contribution is 2.43. The summed E-state index contributed by atoms with van der Waals surface area (Å²) in [6, 6.07) is 15.0. The Balaban J connectivity index is 1.60. The number of aliphatic imine (C=N–C) groups is 2. The molecule has 1 spiro atoms. The Hall–Kier alpha value is -4.08. The largest absolute Gasteiger partial charge is 0.482 e. The fourth-order valence-corrected chi connectivity index (χ4v) is 4.62. The lowest BCUT2D eigenvalue weighted by atomic mass is 9.77. The standard InChI is InChI=1S/C26H26F3N5O2/c1-32-22-18-9-5-6-10-21(18)36-25(20(22)16-31)11-13-34(14-12-25)24(35)19(15-30)23(26(27,28)29)33-17-7-3-2-4-8-17/h2-10,15-16H,11-14,30-31H2,1H3. The van der Waals surface area contributed by atoms with Crippen molar-refractivity contribution in [2.24, 2.45) is 21.5 Å². The number of alkyl halides is 3. The lowest BCUT2D eigenvalue weighted by Crippen LogP contribution is -2.54. The first kappa shape index (κ1) is 25.0. The van der Waals surface area contributed by atoms with Crippen LogP contribution in [0.4, 0.5) is 18.9 Å². The van der Waals surface area contributed by atoms with E-state index in [4.69, 9.17) is 16.2 Å². The quantitative estimate of drug-likeness (QED) is 0.496. The van der Waals surface area contributed by atoms with E-state index in [9.17, 15) is 18.0 Å². The average molecular weight is 498 g/mol. The molecule has 0 atom stereocenters. The molecule has 0 unspecified atom stereocenters.